The molecule has 0 saturated carbocycles. The van der Waals surface area contributed by atoms with Gasteiger partial charge in [-0.25, -0.2) is 4.68 Å². The second kappa shape index (κ2) is 5.10. The number of nitrogens with one attached hydrogen (secondary N) is 1. The maximum absolute atomic E-state index is 12.0. The maximum atomic E-state index is 12.0. The van der Waals surface area contributed by atoms with Crippen LogP contribution in [-0.2, 0) is 6.42 Å². The van der Waals surface area contributed by atoms with Gasteiger partial charge in [-0.05, 0) is 46.6 Å². The summed E-state index contributed by atoms with van der Waals surface area (Å²) < 4.78 is 2.13. The van der Waals surface area contributed by atoms with Gasteiger partial charge in [0, 0.05) is 5.02 Å². The SMILES string of the molecule is CCCc1[nH]n(-c2ccc(Cl)cc2)c(=O)c1Br. The van der Waals surface area contributed by atoms with Crippen molar-refractivity contribution in [2.45, 2.75) is 19.8 Å². The third kappa shape index (κ3) is 2.48. The van der Waals surface area contributed by atoms with Crippen molar-refractivity contribution in [3.8, 4) is 5.69 Å². The summed E-state index contributed by atoms with van der Waals surface area (Å²) >= 11 is 9.14. The number of aryl methyl sites for hydroxylation is 1. The zero-order chi connectivity index (χ0) is 12.4. The second-order valence-corrected chi connectivity index (χ2v) is 5.00. The quantitative estimate of drug-likeness (QED) is 0.924. The van der Waals surface area contributed by atoms with Crippen molar-refractivity contribution in [3.63, 3.8) is 0 Å². The molecule has 0 radical (unpaired) electrons. The molecule has 1 aromatic carbocycles. The van der Waals surface area contributed by atoms with Crippen molar-refractivity contribution in [2.24, 2.45) is 0 Å². The lowest BCUT2D eigenvalue weighted by Gasteiger charge is -2.01. The number of H-pyrrole nitrogens is 1. The van der Waals surface area contributed by atoms with Crippen LogP contribution in [0.15, 0.2) is 33.5 Å². The molecule has 0 unspecified atom stereocenters. The molecule has 2 aromatic rings. The number of benzene rings is 1. The largest absolute Gasteiger partial charge is 0.294 e. The van der Waals surface area contributed by atoms with Gasteiger partial charge in [0.15, 0.2) is 0 Å². The summed E-state index contributed by atoms with van der Waals surface area (Å²) in [7, 11) is 0. The summed E-state index contributed by atoms with van der Waals surface area (Å²) in [5, 5.41) is 3.75. The molecule has 0 bridgehead atoms. The summed E-state index contributed by atoms with van der Waals surface area (Å²) in [6.45, 7) is 2.07. The maximum Gasteiger partial charge on any atom is 0.285 e. The Hall–Kier alpha value is -1.00. The van der Waals surface area contributed by atoms with Gasteiger partial charge in [0.1, 0.15) is 4.47 Å². The zero-order valence-corrected chi connectivity index (χ0v) is 11.7. The van der Waals surface area contributed by atoms with Crippen LogP contribution in [-0.4, -0.2) is 9.78 Å². The molecular formula is C12H12BrClN2O. The summed E-state index contributed by atoms with van der Waals surface area (Å²) in [5.74, 6) is 0. The Morgan fingerprint density at radius 3 is 2.59 bits per heavy atom. The number of halogens is 2. The normalized spacial score (nSPS) is 10.8. The minimum Gasteiger partial charge on any atom is -0.294 e. The highest BCUT2D eigenvalue weighted by Gasteiger charge is 2.11. The highest BCUT2D eigenvalue weighted by molar-refractivity contribution is 9.10. The average Bonchev–Trinajstić information content (AvgIpc) is 2.59. The number of hydrogen-bond donors (Lipinski definition) is 1. The predicted molar refractivity (Wildman–Crippen MR) is 73.1 cm³/mol. The minimum absolute atomic E-state index is 0.0734. The molecule has 1 heterocycles. The highest BCUT2D eigenvalue weighted by atomic mass is 79.9. The first kappa shape index (κ1) is 12.5. The van der Waals surface area contributed by atoms with E-state index in [1.807, 2.05) is 12.1 Å². The first-order valence-corrected chi connectivity index (χ1v) is 6.56. The van der Waals surface area contributed by atoms with Crippen LogP contribution in [0.3, 0.4) is 0 Å². The Balaban J connectivity index is 2.49. The Morgan fingerprint density at radius 2 is 2.00 bits per heavy atom. The Kier molecular flexibility index (Phi) is 3.74. The van der Waals surface area contributed by atoms with Crippen LogP contribution in [0.5, 0.6) is 0 Å². The molecule has 5 heteroatoms. The van der Waals surface area contributed by atoms with E-state index in [-0.39, 0.29) is 5.56 Å². The molecule has 2 rings (SSSR count). The predicted octanol–water partition coefficient (Wildman–Crippen LogP) is 3.53. The molecule has 0 atom stereocenters. The molecule has 0 aliphatic carbocycles. The summed E-state index contributed by atoms with van der Waals surface area (Å²) in [4.78, 5) is 12.0. The van der Waals surface area contributed by atoms with E-state index in [0.717, 1.165) is 24.2 Å². The zero-order valence-electron chi connectivity index (χ0n) is 9.34. The number of hydrogen-bond acceptors (Lipinski definition) is 1. The van der Waals surface area contributed by atoms with Gasteiger partial charge in [-0.15, -0.1) is 0 Å². The fraction of sp³-hybridized carbons (Fsp3) is 0.250. The fourth-order valence-electron chi connectivity index (χ4n) is 1.65. The van der Waals surface area contributed by atoms with Crippen molar-refractivity contribution < 1.29 is 0 Å². The number of rotatable bonds is 3. The molecule has 0 saturated heterocycles. The Labute approximate surface area is 113 Å². The average molecular weight is 316 g/mol. The van der Waals surface area contributed by atoms with Crippen molar-refractivity contribution in [1.29, 1.82) is 0 Å². The van der Waals surface area contributed by atoms with E-state index >= 15 is 0 Å². The molecule has 0 fully saturated rings. The van der Waals surface area contributed by atoms with Crippen molar-refractivity contribution in [1.82, 2.24) is 9.78 Å². The van der Waals surface area contributed by atoms with Crippen LogP contribution in [0, 0.1) is 0 Å². The summed E-state index contributed by atoms with van der Waals surface area (Å²) in [5.41, 5.74) is 1.63. The van der Waals surface area contributed by atoms with Crippen LogP contribution in [0.4, 0.5) is 0 Å². The molecule has 0 aliphatic heterocycles. The highest BCUT2D eigenvalue weighted by Crippen LogP contribution is 2.16. The lowest BCUT2D eigenvalue weighted by atomic mass is 10.3. The van der Waals surface area contributed by atoms with Crippen molar-refractivity contribution in [2.75, 3.05) is 0 Å². The summed E-state index contributed by atoms with van der Waals surface area (Å²) in [6.07, 6.45) is 1.83. The molecule has 3 nitrogen and oxygen atoms in total. The molecule has 17 heavy (non-hydrogen) atoms. The first-order chi connectivity index (χ1) is 8.13. The second-order valence-electron chi connectivity index (χ2n) is 3.77. The lowest BCUT2D eigenvalue weighted by Crippen LogP contribution is -2.14. The van der Waals surface area contributed by atoms with Gasteiger partial charge in [-0.3, -0.25) is 9.89 Å². The van der Waals surface area contributed by atoms with Crippen molar-refractivity contribution in [3.05, 3.63) is 49.8 Å². The Morgan fingerprint density at radius 1 is 1.35 bits per heavy atom. The first-order valence-electron chi connectivity index (χ1n) is 5.38. The molecule has 1 N–H and O–H groups in total. The van der Waals surface area contributed by atoms with E-state index in [2.05, 4.69) is 28.0 Å². The topological polar surface area (TPSA) is 37.8 Å². The number of aromatic nitrogens is 2. The lowest BCUT2D eigenvalue weighted by molar-refractivity contribution is 0.793. The summed E-state index contributed by atoms with van der Waals surface area (Å²) in [6, 6.07) is 7.14. The van der Waals surface area contributed by atoms with E-state index in [4.69, 9.17) is 11.6 Å². The standard InChI is InChI=1S/C12H12BrClN2O/c1-2-3-10-11(13)12(17)16(15-10)9-6-4-8(14)5-7-9/h4-7,15H,2-3H2,1H3. The van der Waals surface area contributed by atoms with E-state index < -0.39 is 0 Å². The smallest absolute Gasteiger partial charge is 0.285 e. The van der Waals surface area contributed by atoms with Crippen molar-refractivity contribution >= 4 is 27.5 Å². The van der Waals surface area contributed by atoms with Crippen LogP contribution in [0.2, 0.25) is 5.02 Å². The molecule has 90 valence electrons. The third-order valence-electron chi connectivity index (χ3n) is 2.49. The van der Waals surface area contributed by atoms with Gasteiger partial charge in [0.2, 0.25) is 0 Å². The monoisotopic (exact) mass is 314 g/mol. The molecule has 0 spiro atoms. The van der Waals surface area contributed by atoms with Gasteiger partial charge in [-0.2, -0.15) is 0 Å². The fourth-order valence-corrected chi connectivity index (χ4v) is 2.24. The van der Waals surface area contributed by atoms with Gasteiger partial charge in [0.25, 0.3) is 5.56 Å². The van der Waals surface area contributed by atoms with Gasteiger partial charge >= 0.3 is 0 Å². The van der Waals surface area contributed by atoms with E-state index in [1.165, 1.54) is 4.68 Å². The van der Waals surface area contributed by atoms with E-state index in [9.17, 15) is 4.79 Å². The molecule has 1 aromatic heterocycles. The Bertz CT molecular complexity index is 571. The number of nitrogens with zero attached hydrogens (tertiary/aromatic N) is 1. The van der Waals surface area contributed by atoms with E-state index in [0.29, 0.717) is 9.50 Å². The number of aromatic amines is 1. The van der Waals surface area contributed by atoms with Crippen LogP contribution in [0.25, 0.3) is 5.69 Å². The molecule has 0 amide bonds. The van der Waals surface area contributed by atoms with Gasteiger partial charge < -0.3 is 0 Å². The minimum atomic E-state index is -0.0734. The van der Waals surface area contributed by atoms with E-state index in [1.54, 1.807) is 12.1 Å². The third-order valence-corrected chi connectivity index (χ3v) is 3.56. The van der Waals surface area contributed by atoms with Crippen LogP contribution >= 0.6 is 27.5 Å². The van der Waals surface area contributed by atoms with Gasteiger partial charge in [0.05, 0.1) is 11.4 Å². The molecular weight excluding hydrogens is 304 g/mol. The van der Waals surface area contributed by atoms with Crippen LogP contribution in [0.1, 0.15) is 19.0 Å². The van der Waals surface area contributed by atoms with Gasteiger partial charge in [-0.1, -0.05) is 24.9 Å². The van der Waals surface area contributed by atoms with Crippen LogP contribution < -0.4 is 5.56 Å². The molecule has 0 aliphatic rings.